The second-order valence-corrected chi connectivity index (χ2v) is 9.24. The molecule has 2 aromatic carbocycles. The Labute approximate surface area is 176 Å². The number of carbonyl (C=O) groups is 1. The molecule has 10 heteroatoms. The van der Waals surface area contributed by atoms with Gasteiger partial charge in [-0.25, -0.2) is 8.42 Å². The maximum absolute atomic E-state index is 12.9. The van der Waals surface area contributed by atoms with Crippen LogP contribution in [0.2, 0.25) is 0 Å². The Morgan fingerprint density at radius 1 is 1.24 bits per heavy atom. The largest absolute Gasteiger partial charge is 0.434 e. The third-order valence-corrected chi connectivity index (χ3v) is 6.96. The summed E-state index contributed by atoms with van der Waals surface area (Å²) in [6.45, 7) is -2.82. The lowest BCUT2D eigenvalue weighted by Gasteiger charge is -2.23. The fourth-order valence-corrected chi connectivity index (χ4v) is 5.30. The van der Waals surface area contributed by atoms with Crippen molar-refractivity contribution in [2.24, 2.45) is 0 Å². The van der Waals surface area contributed by atoms with Gasteiger partial charge in [0, 0.05) is 23.1 Å². The van der Waals surface area contributed by atoms with E-state index in [0.717, 1.165) is 0 Å². The van der Waals surface area contributed by atoms with Crippen molar-refractivity contribution < 1.29 is 26.7 Å². The lowest BCUT2D eigenvalue weighted by Crippen LogP contribution is -2.45. The highest BCUT2D eigenvalue weighted by Gasteiger charge is 2.39. The fraction of sp³-hybridized carbons (Fsp3) is 0.316. The summed E-state index contributed by atoms with van der Waals surface area (Å²) in [4.78, 5) is 12.8. The van der Waals surface area contributed by atoms with E-state index in [0.29, 0.717) is 22.9 Å². The predicted octanol–water partition coefficient (Wildman–Crippen LogP) is 3.52. The molecule has 0 radical (unpaired) electrons. The van der Waals surface area contributed by atoms with Crippen LogP contribution < -0.4 is 10.1 Å². The van der Waals surface area contributed by atoms with Gasteiger partial charge < -0.3 is 10.1 Å². The Hall–Kier alpha value is -2.04. The highest BCUT2D eigenvalue weighted by molar-refractivity contribution is 9.10. The molecule has 1 heterocycles. The van der Waals surface area contributed by atoms with E-state index >= 15 is 0 Å². The molecule has 1 saturated heterocycles. The molecule has 1 atom stereocenters. The van der Waals surface area contributed by atoms with E-state index in [2.05, 4.69) is 26.0 Å². The zero-order chi connectivity index (χ0) is 21.0. The van der Waals surface area contributed by atoms with E-state index in [1.165, 1.54) is 22.5 Å². The minimum absolute atomic E-state index is 0.0521. The topological polar surface area (TPSA) is 75.7 Å². The number of amides is 1. The highest BCUT2D eigenvalue weighted by atomic mass is 79.9. The van der Waals surface area contributed by atoms with Crippen LogP contribution in [0.25, 0.3) is 0 Å². The lowest BCUT2D eigenvalue weighted by atomic mass is 10.2. The van der Waals surface area contributed by atoms with E-state index in [-0.39, 0.29) is 23.7 Å². The Balaban J connectivity index is 1.73. The molecule has 156 valence electrons. The van der Waals surface area contributed by atoms with Gasteiger partial charge in [0.2, 0.25) is 15.9 Å². The van der Waals surface area contributed by atoms with Gasteiger partial charge in [-0.2, -0.15) is 13.1 Å². The number of benzene rings is 2. The van der Waals surface area contributed by atoms with Crippen LogP contribution in [0.1, 0.15) is 18.4 Å². The highest BCUT2D eigenvalue weighted by Crippen LogP contribution is 2.27. The molecule has 0 aliphatic carbocycles. The average Bonchev–Trinajstić information content (AvgIpc) is 3.19. The molecule has 1 N–H and O–H groups in total. The number of rotatable bonds is 7. The van der Waals surface area contributed by atoms with Crippen LogP contribution in [-0.4, -0.2) is 37.8 Å². The number of alkyl halides is 2. The Morgan fingerprint density at radius 3 is 2.66 bits per heavy atom. The van der Waals surface area contributed by atoms with Gasteiger partial charge in [0.15, 0.2) is 0 Å². The average molecular weight is 489 g/mol. The molecule has 1 amide bonds. The maximum Gasteiger partial charge on any atom is 0.387 e. The molecular formula is C19H19BrF2N2O4S. The first-order valence-electron chi connectivity index (χ1n) is 8.87. The van der Waals surface area contributed by atoms with Gasteiger partial charge in [0.05, 0.1) is 4.90 Å². The molecule has 29 heavy (non-hydrogen) atoms. The van der Waals surface area contributed by atoms with Crippen LogP contribution in [0.4, 0.5) is 8.78 Å². The number of nitrogens with zero attached hydrogens (tertiary/aromatic N) is 1. The molecule has 0 aromatic heterocycles. The second-order valence-electron chi connectivity index (χ2n) is 6.44. The summed E-state index contributed by atoms with van der Waals surface area (Å²) in [5.74, 6) is -0.534. The van der Waals surface area contributed by atoms with E-state index < -0.39 is 28.6 Å². The normalized spacial score (nSPS) is 17.4. The van der Waals surface area contributed by atoms with Crippen LogP contribution in [0, 0.1) is 0 Å². The third-order valence-electron chi connectivity index (χ3n) is 4.55. The van der Waals surface area contributed by atoms with E-state index in [1.54, 1.807) is 30.3 Å². The molecule has 1 aliphatic rings. The Kier molecular flexibility index (Phi) is 6.86. The molecule has 0 bridgehead atoms. The summed E-state index contributed by atoms with van der Waals surface area (Å²) in [6.07, 6.45) is 0.942. The molecule has 0 saturated carbocycles. The monoisotopic (exact) mass is 488 g/mol. The van der Waals surface area contributed by atoms with E-state index in [1.807, 2.05) is 0 Å². The Bertz CT molecular complexity index is 973. The van der Waals surface area contributed by atoms with Crippen molar-refractivity contribution in [3.8, 4) is 5.75 Å². The van der Waals surface area contributed by atoms with Crippen molar-refractivity contribution >= 4 is 31.9 Å². The first-order valence-corrected chi connectivity index (χ1v) is 11.1. The number of nitrogens with one attached hydrogen (secondary N) is 1. The molecular weight excluding hydrogens is 470 g/mol. The van der Waals surface area contributed by atoms with Gasteiger partial charge in [0.1, 0.15) is 11.8 Å². The SMILES string of the molecule is O=C(NCc1cc(Br)ccc1OC(F)F)C1CCCN1S(=O)(=O)c1ccccc1. The summed E-state index contributed by atoms with van der Waals surface area (Å²) in [7, 11) is -3.81. The van der Waals surface area contributed by atoms with Crippen LogP contribution >= 0.6 is 15.9 Å². The van der Waals surface area contributed by atoms with Gasteiger partial charge in [-0.1, -0.05) is 34.1 Å². The molecule has 6 nitrogen and oxygen atoms in total. The first kappa shape index (κ1) is 21.7. The molecule has 3 rings (SSSR count). The molecule has 0 spiro atoms. The van der Waals surface area contributed by atoms with Gasteiger partial charge in [-0.3, -0.25) is 4.79 Å². The first-order chi connectivity index (χ1) is 13.8. The summed E-state index contributed by atoms with van der Waals surface area (Å²) in [5, 5.41) is 2.64. The van der Waals surface area contributed by atoms with Crippen LogP contribution in [0.5, 0.6) is 5.75 Å². The van der Waals surface area contributed by atoms with Gasteiger partial charge >= 0.3 is 6.61 Å². The van der Waals surface area contributed by atoms with Crippen molar-refractivity contribution in [1.82, 2.24) is 9.62 Å². The number of sulfonamides is 1. The van der Waals surface area contributed by atoms with Gasteiger partial charge in [0.25, 0.3) is 0 Å². The van der Waals surface area contributed by atoms with Gasteiger partial charge in [-0.15, -0.1) is 0 Å². The van der Waals surface area contributed by atoms with Crippen LogP contribution in [-0.2, 0) is 21.4 Å². The minimum Gasteiger partial charge on any atom is -0.434 e. The van der Waals surface area contributed by atoms with E-state index in [4.69, 9.17) is 0 Å². The summed E-state index contributed by atoms with van der Waals surface area (Å²) in [5.41, 5.74) is 0.350. The zero-order valence-electron chi connectivity index (χ0n) is 15.2. The Morgan fingerprint density at radius 2 is 1.97 bits per heavy atom. The quantitative estimate of drug-likeness (QED) is 0.646. The lowest BCUT2D eigenvalue weighted by molar-refractivity contribution is -0.124. The fourth-order valence-electron chi connectivity index (χ4n) is 3.21. The molecule has 1 fully saturated rings. The molecule has 2 aromatic rings. The maximum atomic E-state index is 12.9. The summed E-state index contributed by atoms with van der Waals surface area (Å²) < 4.78 is 57.3. The zero-order valence-corrected chi connectivity index (χ0v) is 17.6. The van der Waals surface area contributed by atoms with Crippen LogP contribution in [0.15, 0.2) is 57.9 Å². The number of carbonyl (C=O) groups excluding carboxylic acids is 1. The van der Waals surface area contributed by atoms with Gasteiger partial charge in [-0.05, 0) is 43.2 Å². The minimum atomic E-state index is -3.81. The van der Waals surface area contributed by atoms with Crippen molar-refractivity contribution in [2.45, 2.75) is 36.9 Å². The van der Waals surface area contributed by atoms with Crippen molar-refractivity contribution in [1.29, 1.82) is 0 Å². The number of hydrogen-bond acceptors (Lipinski definition) is 4. The standard InChI is InChI=1S/C19H19BrF2N2O4S/c20-14-8-9-17(28-19(21)22)13(11-14)12-23-18(25)16-7-4-10-24(16)29(26,27)15-5-2-1-3-6-15/h1-3,5-6,8-9,11,16,19H,4,7,10,12H2,(H,23,25). The predicted molar refractivity (Wildman–Crippen MR) is 106 cm³/mol. The second kappa shape index (κ2) is 9.19. The molecule has 1 aliphatic heterocycles. The van der Waals surface area contributed by atoms with Crippen molar-refractivity contribution in [3.63, 3.8) is 0 Å². The number of halogens is 3. The van der Waals surface area contributed by atoms with E-state index in [9.17, 15) is 22.0 Å². The summed E-state index contributed by atoms with van der Waals surface area (Å²) in [6, 6.07) is 11.6. The number of ether oxygens (including phenoxy) is 1. The smallest absolute Gasteiger partial charge is 0.387 e. The third kappa shape index (κ3) is 5.12. The van der Waals surface area contributed by atoms with Crippen molar-refractivity contribution in [2.75, 3.05) is 6.54 Å². The van der Waals surface area contributed by atoms with Crippen molar-refractivity contribution in [3.05, 3.63) is 58.6 Å². The molecule has 1 unspecified atom stereocenters. The summed E-state index contributed by atoms with van der Waals surface area (Å²) >= 11 is 3.25. The van der Waals surface area contributed by atoms with Crippen LogP contribution in [0.3, 0.4) is 0 Å². The number of hydrogen-bond donors (Lipinski definition) is 1.